The summed E-state index contributed by atoms with van der Waals surface area (Å²) in [6.45, 7) is 7.65. The van der Waals surface area contributed by atoms with Gasteiger partial charge in [0.05, 0.1) is 6.61 Å². The summed E-state index contributed by atoms with van der Waals surface area (Å²) < 4.78 is 5.73. The van der Waals surface area contributed by atoms with Crippen molar-refractivity contribution >= 4 is 15.9 Å². The lowest BCUT2D eigenvalue weighted by molar-refractivity contribution is 0.291. The minimum atomic E-state index is 0.160. The van der Waals surface area contributed by atoms with Crippen LogP contribution >= 0.6 is 15.9 Å². The lowest BCUT2D eigenvalue weighted by Crippen LogP contribution is -2.18. The van der Waals surface area contributed by atoms with Crippen LogP contribution in [0.2, 0.25) is 0 Å². The highest BCUT2D eigenvalue weighted by Gasteiger charge is 2.40. The van der Waals surface area contributed by atoms with Crippen LogP contribution < -0.4 is 4.74 Å². The Bertz CT molecular complexity index is 452. The molecule has 3 rings (SSSR count). The van der Waals surface area contributed by atoms with Crippen molar-refractivity contribution in [1.82, 2.24) is 0 Å². The second kappa shape index (κ2) is 3.74. The van der Waals surface area contributed by atoms with E-state index in [9.17, 15) is 0 Å². The van der Waals surface area contributed by atoms with E-state index in [-0.39, 0.29) is 5.41 Å². The quantitative estimate of drug-likeness (QED) is 0.732. The summed E-state index contributed by atoms with van der Waals surface area (Å²) >= 11 is 3.86. The highest BCUT2D eigenvalue weighted by Crippen LogP contribution is 2.52. The van der Waals surface area contributed by atoms with Gasteiger partial charge in [0.1, 0.15) is 5.75 Å². The van der Waals surface area contributed by atoms with E-state index in [0.717, 1.165) is 24.2 Å². The number of benzene rings is 1. The van der Waals surface area contributed by atoms with Crippen molar-refractivity contribution in [1.29, 1.82) is 0 Å². The van der Waals surface area contributed by atoms with Crippen LogP contribution in [-0.2, 0) is 5.41 Å². The molecule has 1 aromatic carbocycles. The van der Waals surface area contributed by atoms with Gasteiger partial charge in [0, 0.05) is 15.8 Å². The Balaban J connectivity index is 1.93. The molecule has 1 aliphatic carbocycles. The SMILES string of the molecule is CC1CC1C(Br)c1ccc2c(c1)C(C)(C)CO2. The topological polar surface area (TPSA) is 9.23 Å². The van der Waals surface area contributed by atoms with Gasteiger partial charge in [-0.15, -0.1) is 0 Å². The summed E-state index contributed by atoms with van der Waals surface area (Å²) in [5, 5.41) is 0. The van der Waals surface area contributed by atoms with Gasteiger partial charge in [0.25, 0.3) is 0 Å². The maximum atomic E-state index is 5.73. The Morgan fingerprint density at radius 2 is 2.12 bits per heavy atom. The smallest absolute Gasteiger partial charge is 0.123 e. The Morgan fingerprint density at radius 1 is 1.41 bits per heavy atom. The molecule has 1 fully saturated rings. The van der Waals surface area contributed by atoms with E-state index in [1.165, 1.54) is 17.5 Å². The first-order chi connectivity index (χ1) is 7.99. The molecule has 1 nitrogen and oxygen atoms in total. The summed E-state index contributed by atoms with van der Waals surface area (Å²) in [4.78, 5) is 0.513. The van der Waals surface area contributed by atoms with Crippen LogP contribution in [0.3, 0.4) is 0 Å². The molecule has 0 N–H and O–H groups in total. The zero-order chi connectivity index (χ0) is 12.2. The van der Waals surface area contributed by atoms with Crippen molar-refractivity contribution in [2.24, 2.45) is 11.8 Å². The van der Waals surface area contributed by atoms with Crippen LogP contribution in [0.25, 0.3) is 0 Å². The predicted octanol–water partition coefficient (Wildman–Crippen LogP) is 4.45. The summed E-state index contributed by atoms with van der Waals surface area (Å²) in [6.07, 6.45) is 1.35. The van der Waals surface area contributed by atoms with Crippen molar-refractivity contribution < 1.29 is 4.74 Å². The van der Waals surface area contributed by atoms with Gasteiger partial charge in [-0.25, -0.2) is 0 Å². The largest absolute Gasteiger partial charge is 0.492 e. The second-order valence-electron chi connectivity index (χ2n) is 6.21. The van der Waals surface area contributed by atoms with Gasteiger partial charge in [-0.3, -0.25) is 0 Å². The van der Waals surface area contributed by atoms with E-state index in [0.29, 0.717) is 4.83 Å². The maximum absolute atomic E-state index is 5.73. The van der Waals surface area contributed by atoms with Crippen LogP contribution in [0.4, 0.5) is 0 Å². The van der Waals surface area contributed by atoms with Crippen LogP contribution in [0.1, 0.15) is 43.1 Å². The first-order valence-electron chi connectivity index (χ1n) is 6.40. The molecule has 92 valence electrons. The van der Waals surface area contributed by atoms with Crippen LogP contribution in [0.5, 0.6) is 5.75 Å². The molecule has 0 spiro atoms. The molecule has 17 heavy (non-hydrogen) atoms. The third-order valence-electron chi connectivity index (χ3n) is 4.19. The fourth-order valence-electron chi connectivity index (χ4n) is 2.72. The van der Waals surface area contributed by atoms with Gasteiger partial charge in [0.2, 0.25) is 0 Å². The molecule has 3 unspecified atom stereocenters. The molecule has 3 atom stereocenters. The van der Waals surface area contributed by atoms with Gasteiger partial charge in [-0.05, 0) is 29.9 Å². The van der Waals surface area contributed by atoms with Crippen molar-refractivity contribution in [3.63, 3.8) is 0 Å². The number of alkyl halides is 1. The third kappa shape index (κ3) is 1.91. The van der Waals surface area contributed by atoms with Crippen molar-refractivity contribution in [3.05, 3.63) is 29.3 Å². The summed E-state index contributed by atoms with van der Waals surface area (Å²) in [7, 11) is 0. The molecule has 1 aromatic rings. The second-order valence-corrected chi connectivity index (χ2v) is 7.19. The Hall–Kier alpha value is -0.500. The standard InChI is InChI=1S/C15H19BrO/c1-9-6-11(9)14(16)10-4-5-13-12(7-10)15(2,3)8-17-13/h4-5,7,9,11,14H,6,8H2,1-3H3. The van der Waals surface area contributed by atoms with Crippen LogP contribution in [0, 0.1) is 11.8 Å². The number of rotatable bonds is 2. The Morgan fingerprint density at radius 3 is 2.76 bits per heavy atom. The molecule has 0 bridgehead atoms. The molecule has 0 aromatic heterocycles. The fraction of sp³-hybridized carbons (Fsp3) is 0.600. The van der Waals surface area contributed by atoms with Crippen LogP contribution in [-0.4, -0.2) is 6.61 Å². The molecule has 0 radical (unpaired) electrons. The molecule has 2 heteroatoms. The zero-order valence-electron chi connectivity index (χ0n) is 10.7. The Labute approximate surface area is 112 Å². The molecular formula is C15H19BrO. The summed E-state index contributed by atoms with van der Waals surface area (Å²) in [5.74, 6) is 2.76. The van der Waals surface area contributed by atoms with E-state index < -0.39 is 0 Å². The Kier molecular flexibility index (Phi) is 2.55. The molecule has 2 aliphatic rings. The molecule has 1 aliphatic heterocycles. The fourth-order valence-corrected chi connectivity index (χ4v) is 3.74. The van der Waals surface area contributed by atoms with Crippen molar-refractivity contribution in [2.45, 2.75) is 37.4 Å². The first kappa shape index (κ1) is 11.6. The van der Waals surface area contributed by atoms with Gasteiger partial charge >= 0.3 is 0 Å². The molecular weight excluding hydrogens is 276 g/mol. The minimum Gasteiger partial charge on any atom is -0.492 e. The number of ether oxygens (including phenoxy) is 1. The van der Waals surface area contributed by atoms with Gasteiger partial charge < -0.3 is 4.74 Å². The highest BCUT2D eigenvalue weighted by atomic mass is 79.9. The molecule has 1 saturated carbocycles. The summed E-state index contributed by atoms with van der Waals surface area (Å²) in [5.41, 5.74) is 2.94. The zero-order valence-corrected chi connectivity index (χ0v) is 12.3. The number of hydrogen-bond acceptors (Lipinski definition) is 1. The lowest BCUT2D eigenvalue weighted by Gasteiger charge is -2.17. The summed E-state index contributed by atoms with van der Waals surface area (Å²) in [6, 6.07) is 6.69. The van der Waals surface area contributed by atoms with Crippen molar-refractivity contribution in [3.8, 4) is 5.75 Å². The van der Waals surface area contributed by atoms with E-state index >= 15 is 0 Å². The van der Waals surface area contributed by atoms with E-state index in [2.05, 4.69) is 54.9 Å². The van der Waals surface area contributed by atoms with E-state index in [4.69, 9.17) is 4.74 Å². The number of halogens is 1. The monoisotopic (exact) mass is 294 g/mol. The van der Waals surface area contributed by atoms with Crippen molar-refractivity contribution in [2.75, 3.05) is 6.61 Å². The van der Waals surface area contributed by atoms with Gasteiger partial charge in [0.15, 0.2) is 0 Å². The number of hydrogen-bond donors (Lipinski definition) is 0. The average molecular weight is 295 g/mol. The van der Waals surface area contributed by atoms with Crippen LogP contribution in [0.15, 0.2) is 18.2 Å². The maximum Gasteiger partial charge on any atom is 0.123 e. The molecule has 0 amide bonds. The third-order valence-corrected chi connectivity index (χ3v) is 5.40. The van der Waals surface area contributed by atoms with Gasteiger partial charge in [-0.2, -0.15) is 0 Å². The predicted molar refractivity (Wildman–Crippen MR) is 73.9 cm³/mol. The highest BCUT2D eigenvalue weighted by molar-refractivity contribution is 9.09. The normalized spacial score (nSPS) is 30.6. The molecule has 0 saturated heterocycles. The van der Waals surface area contributed by atoms with E-state index in [1.807, 2.05) is 0 Å². The number of fused-ring (bicyclic) bond motifs is 1. The first-order valence-corrected chi connectivity index (χ1v) is 7.32. The molecule has 1 heterocycles. The average Bonchev–Trinajstić information content (AvgIpc) is 2.94. The minimum absolute atomic E-state index is 0.160. The van der Waals surface area contributed by atoms with E-state index in [1.54, 1.807) is 0 Å². The van der Waals surface area contributed by atoms with Gasteiger partial charge in [-0.1, -0.05) is 48.8 Å². The lowest BCUT2D eigenvalue weighted by atomic mass is 9.85.